The van der Waals surface area contributed by atoms with Crippen molar-refractivity contribution in [1.82, 2.24) is 0 Å². The molecule has 0 spiro atoms. The summed E-state index contributed by atoms with van der Waals surface area (Å²) in [4.78, 5) is 0. The average Bonchev–Trinajstić information content (AvgIpc) is 2.90. The molecule has 1 aromatic carbocycles. The zero-order valence-corrected chi connectivity index (χ0v) is 10.5. The quantitative estimate of drug-likeness (QED) is 0.842. The maximum atomic E-state index is 13.0. The molecule has 2 nitrogen and oxygen atoms in total. The first-order chi connectivity index (χ1) is 9.07. The van der Waals surface area contributed by atoms with E-state index in [2.05, 4.69) is 5.32 Å². The van der Waals surface area contributed by atoms with Crippen LogP contribution in [0.25, 0.3) is 0 Å². The lowest BCUT2D eigenvalue weighted by Gasteiger charge is -2.32. The number of fused-ring (bicyclic) bond motifs is 1. The van der Waals surface area contributed by atoms with Gasteiger partial charge in [-0.3, -0.25) is 0 Å². The summed E-state index contributed by atoms with van der Waals surface area (Å²) < 4.78 is 44.4. The maximum absolute atomic E-state index is 13.0. The molecular formula is C14H16F3NO. The van der Waals surface area contributed by atoms with Crippen LogP contribution >= 0.6 is 0 Å². The third-order valence-electron chi connectivity index (χ3n) is 4.09. The van der Waals surface area contributed by atoms with Gasteiger partial charge in [0.05, 0.1) is 12.2 Å². The molecule has 2 unspecified atom stereocenters. The van der Waals surface area contributed by atoms with Crippen molar-refractivity contribution in [2.45, 2.75) is 24.9 Å². The van der Waals surface area contributed by atoms with Crippen LogP contribution in [0.2, 0.25) is 0 Å². The molecule has 1 fully saturated rings. The smallest absolute Gasteiger partial charge is 0.384 e. The maximum Gasteiger partial charge on any atom is 0.418 e. The molecule has 2 aliphatic rings. The molecule has 1 N–H and O–H groups in total. The molecule has 0 aliphatic carbocycles. The second-order valence-electron chi connectivity index (χ2n) is 5.21. The van der Waals surface area contributed by atoms with E-state index in [0.717, 1.165) is 31.1 Å². The summed E-state index contributed by atoms with van der Waals surface area (Å²) >= 11 is 0. The molecule has 3 rings (SSSR count). The summed E-state index contributed by atoms with van der Waals surface area (Å²) in [6, 6.07) is 4.48. The van der Waals surface area contributed by atoms with Gasteiger partial charge in [-0.25, -0.2) is 0 Å². The standard InChI is InChI=1S/C14H16F3NO/c15-14(16,17)12-3-1-2-11-10(4-6-18-13(11)12)9-5-7-19-8-9/h1-3,9-10,18H,4-8H2. The molecule has 2 aliphatic heterocycles. The molecule has 5 heteroatoms. The van der Waals surface area contributed by atoms with Crippen LogP contribution in [-0.4, -0.2) is 19.8 Å². The molecule has 0 aromatic heterocycles. The van der Waals surface area contributed by atoms with Crippen LogP contribution in [-0.2, 0) is 10.9 Å². The van der Waals surface area contributed by atoms with Crippen molar-refractivity contribution in [2.24, 2.45) is 5.92 Å². The van der Waals surface area contributed by atoms with Crippen LogP contribution < -0.4 is 5.32 Å². The Hall–Kier alpha value is -1.23. The van der Waals surface area contributed by atoms with Crippen molar-refractivity contribution in [1.29, 1.82) is 0 Å². The minimum atomic E-state index is -4.30. The molecule has 19 heavy (non-hydrogen) atoms. The van der Waals surface area contributed by atoms with Gasteiger partial charge in [-0.05, 0) is 36.3 Å². The number of nitrogens with one attached hydrogen (secondary N) is 1. The Kier molecular flexibility index (Phi) is 3.17. The minimum Gasteiger partial charge on any atom is -0.384 e. The van der Waals surface area contributed by atoms with E-state index in [-0.39, 0.29) is 11.6 Å². The zero-order chi connectivity index (χ0) is 13.5. The van der Waals surface area contributed by atoms with E-state index in [1.54, 1.807) is 0 Å². The van der Waals surface area contributed by atoms with Crippen molar-refractivity contribution in [3.05, 3.63) is 29.3 Å². The number of hydrogen-bond donors (Lipinski definition) is 1. The van der Waals surface area contributed by atoms with Gasteiger partial charge >= 0.3 is 6.18 Å². The molecule has 0 radical (unpaired) electrons. The van der Waals surface area contributed by atoms with Gasteiger partial charge < -0.3 is 10.1 Å². The van der Waals surface area contributed by atoms with Crippen molar-refractivity contribution in [2.75, 3.05) is 25.1 Å². The van der Waals surface area contributed by atoms with Crippen LogP contribution in [0.15, 0.2) is 18.2 Å². The number of anilines is 1. The SMILES string of the molecule is FC(F)(F)c1cccc2c1NCCC2C1CCOC1. The van der Waals surface area contributed by atoms with Crippen LogP contribution in [0.5, 0.6) is 0 Å². The molecule has 1 saturated heterocycles. The van der Waals surface area contributed by atoms with Crippen molar-refractivity contribution < 1.29 is 17.9 Å². The molecule has 0 amide bonds. The van der Waals surface area contributed by atoms with Crippen LogP contribution in [0.4, 0.5) is 18.9 Å². The summed E-state index contributed by atoms with van der Waals surface area (Å²) in [7, 11) is 0. The van der Waals surface area contributed by atoms with E-state index >= 15 is 0 Å². The van der Waals surface area contributed by atoms with E-state index in [1.165, 1.54) is 6.07 Å². The first kappa shape index (κ1) is 12.8. The van der Waals surface area contributed by atoms with E-state index < -0.39 is 11.7 Å². The number of halogens is 3. The number of hydrogen-bond acceptors (Lipinski definition) is 2. The fourth-order valence-corrected chi connectivity index (χ4v) is 3.18. The average molecular weight is 271 g/mol. The molecular weight excluding hydrogens is 255 g/mol. The van der Waals surface area contributed by atoms with Crippen molar-refractivity contribution in [3.8, 4) is 0 Å². The Morgan fingerprint density at radius 2 is 2.05 bits per heavy atom. The molecule has 2 heterocycles. The zero-order valence-electron chi connectivity index (χ0n) is 10.5. The first-order valence-corrected chi connectivity index (χ1v) is 6.59. The Bertz CT molecular complexity index is 466. The Balaban J connectivity index is 2.00. The molecule has 104 valence electrons. The lowest BCUT2D eigenvalue weighted by Crippen LogP contribution is -2.25. The third kappa shape index (κ3) is 2.31. The largest absolute Gasteiger partial charge is 0.418 e. The number of rotatable bonds is 1. The first-order valence-electron chi connectivity index (χ1n) is 6.59. The Labute approximate surface area is 109 Å². The summed E-state index contributed by atoms with van der Waals surface area (Å²) in [6.07, 6.45) is -2.48. The second-order valence-corrected chi connectivity index (χ2v) is 5.21. The molecule has 1 aromatic rings. The predicted molar refractivity (Wildman–Crippen MR) is 66.2 cm³/mol. The normalized spacial score (nSPS) is 26.9. The highest BCUT2D eigenvalue weighted by atomic mass is 19.4. The lowest BCUT2D eigenvalue weighted by atomic mass is 9.79. The van der Waals surface area contributed by atoms with Crippen LogP contribution in [0.1, 0.15) is 29.9 Å². The lowest BCUT2D eigenvalue weighted by molar-refractivity contribution is -0.137. The highest BCUT2D eigenvalue weighted by molar-refractivity contribution is 5.61. The summed E-state index contributed by atoms with van der Waals surface area (Å²) in [6.45, 7) is 1.99. The van der Waals surface area contributed by atoms with Crippen molar-refractivity contribution >= 4 is 5.69 Å². The number of para-hydroxylation sites is 1. The van der Waals surface area contributed by atoms with E-state index in [1.807, 2.05) is 6.07 Å². The summed E-state index contributed by atoms with van der Waals surface area (Å²) in [5.74, 6) is 0.533. The number of benzene rings is 1. The monoisotopic (exact) mass is 271 g/mol. The molecule has 0 saturated carbocycles. The molecule has 2 atom stereocenters. The highest BCUT2D eigenvalue weighted by Crippen LogP contribution is 2.45. The van der Waals surface area contributed by atoms with Gasteiger partial charge in [0.15, 0.2) is 0 Å². The Morgan fingerprint density at radius 1 is 1.21 bits per heavy atom. The number of alkyl halides is 3. The fraction of sp³-hybridized carbons (Fsp3) is 0.571. The van der Waals surface area contributed by atoms with E-state index in [0.29, 0.717) is 19.1 Å². The van der Waals surface area contributed by atoms with Gasteiger partial charge in [0.1, 0.15) is 0 Å². The van der Waals surface area contributed by atoms with Crippen LogP contribution in [0, 0.1) is 5.92 Å². The molecule has 0 bridgehead atoms. The third-order valence-corrected chi connectivity index (χ3v) is 4.09. The van der Waals surface area contributed by atoms with Gasteiger partial charge in [-0.1, -0.05) is 12.1 Å². The van der Waals surface area contributed by atoms with Crippen molar-refractivity contribution in [3.63, 3.8) is 0 Å². The highest BCUT2D eigenvalue weighted by Gasteiger charge is 2.38. The summed E-state index contributed by atoms with van der Waals surface area (Å²) in [5.41, 5.74) is 0.531. The fourth-order valence-electron chi connectivity index (χ4n) is 3.18. The second kappa shape index (κ2) is 4.71. The van der Waals surface area contributed by atoms with E-state index in [9.17, 15) is 13.2 Å². The predicted octanol–water partition coefficient (Wildman–Crippen LogP) is 3.64. The number of ether oxygens (including phenoxy) is 1. The van der Waals surface area contributed by atoms with Crippen LogP contribution in [0.3, 0.4) is 0 Å². The van der Waals surface area contributed by atoms with Gasteiger partial charge in [-0.15, -0.1) is 0 Å². The minimum absolute atomic E-state index is 0.182. The van der Waals surface area contributed by atoms with Gasteiger partial charge in [0, 0.05) is 18.8 Å². The Morgan fingerprint density at radius 3 is 2.74 bits per heavy atom. The van der Waals surface area contributed by atoms with E-state index in [4.69, 9.17) is 4.74 Å². The topological polar surface area (TPSA) is 21.3 Å². The van der Waals surface area contributed by atoms with Gasteiger partial charge in [0.2, 0.25) is 0 Å². The van der Waals surface area contributed by atoms with Gasteiger partial charge in [-0.2, -0.15) is 13.2 Å². The van der Waals surface area contributed by atoms with Gasteiger partial charge in [0.25, 0.3) is 0 Å². The summed E-state index contributed by atoms with van der Waals surface area (Å²) in [5, 5.41) is 2.93.